The molecule has 0 spiro atoms. The Morgan fingerprint density at radius 2 is 1.69 bits per heavy atom. The summed E-state index contributed by atoms with van der Waals surface area (Å²) >= 11 is 0. The van der Waals surface area contributed by atoms with Crippen LogP contribution >= 0.6 is 0 Å². The molecule has 0 heterocycles. The van der Waals surface area contributed by atoms with Gasteiger partial charge in [0.2, 0.25) is 5.91 Å². The van der Waals surface area contributed by atoms with Crippen LogP contribution in [0.2, 0.25) is 0 Å². The summed E-state index contributed by atoms with van der Waals surface area (Å²) in [7, 11) is 1.31. The fourth-order valence-corrected chi connectivity index (χ4v) is 3.26. The summed E-state index contributed by atoms with van der Waals surface area (Å²) in [5, 5.41) is 0. The Kier molecular flexibility index (Phi) is 7.15. The lowest BCUT2D eigenvalue weighted by Crippen LogP contribution is -2.40. The van der Waals surface area contributed by atoms with Crippen molar-refractivity contribution in [3.05, 3.63) is 95.3 Å². The van der Waals surface area contributed by atoms with E-state index in [1.54, 1.807) is 30.3 Å². The van der Waals surface area contributed by atoms with Crippen molar-refractivity contribution < 1.29 is 27.1 Å². The molecule has 0 aliphatic heterocycles. The van der Waals surface area contributed by atoms with E-state index in [2.05, 4.69) is 0 Å². The van der Waals surface area contributed by atoms with E-state index in [4.69, 9.17) is 10.5 Å². The van der Waals surface area contributed by atoms with Gasteiger partial charge in [0.05, 0.1) is 12.7 Å². The SMILES string of the molecule is COc1cc(N(CCc2ccc(C(F)(F)F)cc2)C(=O)C(N)c2ccccc2)ccc1F. The van der Waals surface area contributed by atoms with Gasteiger partial charge in [-0.25, -0.2) is 4.39 Å². The quantitative estimate of drug-likeness (QED) is 0.512. The highest BCUT2D eigenvalue weighted by atomic mass is 19.4. The van der Waals surface area contributed by atoms with Gasteiger partial charge in [0.1, 0.15) is 6.04 Å². The van der Waals surface area contributed by atoms with Gasteiger partial charge in [-0.05, 0) is 41.8 Å². The van der Waals surface area contributed by atoms with Gasteiger partial charge < -0.3 is 15.4 Å². The number of alkyl halides is 3. The summed E-state index contributed by atoms with van der Waals surface area (Å²) in [4.78, 5) is 14.6. The molecule has 3 aromatic carbocycles. The van der Waals surface area contributed by atoms with Crippen LogP contribution < -0.4 is 15.4 Å². The molecule has 8 heteroatoms. The number of ether oxygens (including phenoxy) is 1. The standard InChI is InChI=1S/C24H22F4N2O2/c1-32-21-15-19(11-12-20(21)25)30(23(31)22(29)17-5-3-2-4-6-17)14-13-16-7-9-18(10-8-16)24(26,27)28/h2-12,15,22H,13-14,29H2,1H3. The summed E-state index contributed by atoms with van der Waals surface area (Å²) in [5.41, 5.74) is 7.03. The summed E-state index contributed by atoms with van der Waals surface area (Å²) < 4.78 is 57.3. The zero-order valence-electron chi connectivity index (χ0n) is 17.3. The molecule has 0 fully saturated rings. The molecule has 0 aliphatic carbocycles. The van der Waals surface area contributed by atoms with Crippen molar-refractivity contribution in [1.82, 2.24) is 0 Å². The number of halogens is 4. The summed E-state index contributed by atoms with van der Waals surface area (Å²) in [6.45, 7) is 0.125. The first-order valence-corrected chi connectivity index (χ1v) is 9.82. The van der Waals surface area contributed by atoms with Gasteiger partial charge in [-0.15, -0.1) is 0 Å². The van der Waals surface area contributed by atoms with Crippen molar-refractivity contribution in [2.75, 3.05) is 18.6 Å². The van der Waals surface area contributed by atoms with E-state index in [1.807, 2.05) is 0 Å². The number of nitrogens with two attached hydrogens (primary N) is 1. The highest BCUT2D eigenvalue weighted by Crippen LogP contribution is 2.30. The van der Waals surface area contributed by atoms with Crippen molar-refractivity contribution in [1.29, 1.82) is 0 Å². The predicted octanol–water partition coefficient (Wildman–Crippen LogP) is 5.13. The smallest absolute Gasteiger partial charge is 0.416 e. The minimum atomic E-state index is -4.42. The first-order chi connectivity index (χ1) is 15.2. The summed E-state index contributed by atoms with van der Waals surface area (Å²) in [6.07, 6.45) is -4.15. The molecule has 0 saturated heterocycles. The van der Waals surface area contributed by atoms with E-state index in [0.717, 1.165) is 12.1 Å². The summed E-state index contributed by atoms with van der Waals surface area (Å²) in [6, 6.07) is 16.5. The first kappa shape index (κ1) is 23.3. The van der Waals surface area contributed by atoms with E-state index < -0.39 is 29.5 Å². The van der Waals surface area contributed by atoms with Gasteiger partial charge in [-0.2, -0.15) is 13.2 Å². The number of hydrogen-bond acceptors (Lipinski definition) is 3. The molecule has 32 heavy (non-hydrogen) atoms. The van der Waals surface area contributed by atoms with E-state index >= 15 is 0 Å². The van der Waals surface area contributed by atoms with Crippen molar-refractivity contribution in [2.45, 2.75) is 18.6 Å². The summed E-state index contributed by atoms with van der Waals surface area (Å²) in [5.74, 6) is -1.06. The molecular formula is C24H22F4N2O2. The molecule has 3 aromatic rings. The second-order valence-electron chi connectivity index (χ2n) is 7.14. The highest BCUT2D eigenvalue weighted by Gasteiger charge is 2.30. The van der Waals surface area contributed by atoms with Crippen LogP contribution in [0, 0.1) is 5.82 Å². The van der Waals surface area contributed by atoms with Crippen LogP contribution in [0.1, 0.15) is 22.7 Å². The topological polar surface area (TPSA) is 55.6 Å². The Balaban J connectivity index is 1.87. The normalized spacial score (nSPS) is 12.3. The lowest BCUT2D eigenvalue weighted by atomic mass is 10.0. The molecule has 1 unspecified atom stereocenters. The zero-order chi connectivity index (χ0) is 23.3. The number of hydrogen-bond donors (Lipinski definition) is 1. The van der Waals surface area contributed by atoms with Crippen molar-refractivity contribution in [3.63, 3.8) is 0 Å². The molecule has 1 amide bonds. The Morgan fingerprint density at radius 1 is 1.03 bits per heavy atom. The Hall–Kier alpha value is -3.39. The number of carbonyl (C=O) groups excluding carboxylic acids is 1. The number of rotatable bonds is 7. The molecular weight excluding hydrogens is 424 g/mol. The van der Waals surface area contributed by atoms with Crippen molar-refractivity contribution >= 4 is 11.6 Å². The molecule has 168 valence electrons. The lowest BCUT2D eigenvalue weighted by molar-refractivity contribution is -0.137. The van der Waals surface area contributed by atoms with E-state index in [9.17, 15) is 22.4 Å². The van der Waals surface area contributed by atoms with Gasteiger partial charge in [-0.1, -0.05) is 42.5 Å². The third-order valence-electron chi connectivity index (χ3n) is 5.04. The average Bonchev–Trinajstić information content (AvgIpc) is 2.79. The molecule has 4 nitrogen and oxygen atoms in total. The van der Waals surface area contributed by atoms with Gasteiger partial charge in [0, 0.05) is 18.3 Å². The molecule has 0 saturated carbocycles. The monoisotopic (exact) mass is 446 g/mol. The number of nitrogens with zero attached hydrogens (tertiary/aromatic N) is 1. The third-order valence-corrected chi connectivity index (χ3v) is 5.04. The van der Waals surface area contributed by atoms with Gasteiger partial charge in [-0.3, -0.25) is 4.79 Å². The van der Waals surface area contributed by atoms with Crippen molar-refractivity contribution in [2.24, 2.45) is 5.73 Å². The lowest BCUT2D eigenvalue weighted by Gasteiger charge is -2.26. The van der Waals surface area contributed by atoms with Crippen LogP contribution in [-0.4, -0.2) is 19.6 Å². The maximum absolute atomic E-state index is 13.9. The molecule has 0 aliphatic rings. The van der Waals surface area contributed by atoms with E-state index in [-0.39, 0.29) is 18.7 Å². The first-order valence-electron chi connectivity index (χ1n) is 9.82. The Labute approximate surface area is 183 Å². The van der Waals surface area contributed by atoms with Crippen LogP contribution in [0.15, 0.2) is 72.8 Å². The van der Waals surface area contributed by atoms with Crippen LogP contribution in [0.5, 0.6) is 5.75 Å². The predicted molar refractivity (Wildman–Crippen MR) is 114 cm³/mol. The molecule has 2 N–H and O–H groups in total. The van der Waals surface area contributed by atoms with Crippen LogP contribution in [-0.2, 0) is 17.4 Å². The van der Waals surface area contributed by atoms with Crippen LogP contribution in [0.4, 0.5) is 23.2 Å². The molecule has 1 atom stereocenters. The fourth-order valence-electron chi connectivity index (χ4n) is 3.26. The number of benzene rings is 3. The second-order valence-corrected chi connectivity index (χ2v) is 7.14. The highest BCUT2D eigenvalue weighted by molar-refractivity contribution is 5.97. The van der Waals surface area contributed by atoms with Gasteiger partial charge in [0.25, 0.3) is 0 Å². The van der Waals surface area contributed by atoms with Crippen molar-refractivity contribution in [3.8, 4) is 5.75 Å². The third kappa shape index (κ3) is 5.45. The number of anilines is 1. The number of amides is 1. The zero-order valence-corrected chi connectivity index (χ0v) is 17.3. The van der Waals surface area contributed by atoms with Crippen LogP contribution in [0.3, 0.4) is 0 Å². The van der Waals surface area contributed by atoms with Gasteiger partial charge in [0.15, 0.2) is 11.6 Å². The molecule has 3 rings (SSSR count). The van der Waals surface area contributed by atoms with E-state index in [0.29, 0.717) is 16.8 Å². The van der Waals surface area contributed by atoms with Gasteiger partial charge >= 0.3 is 6.18 Å². The Bertz CT molecular complexity index is 1050. The average molecular weight is 446 g/mol. The Morgan fingerprint density at radius 3 is 2.28 bits per heavy atom. The largest absolute Gasteiger partial charge is 0.494 e. The van der Waals surface area contributed by atoms with E-state index in [1.165, 1.54) is 42.3 Å². The molecule has 0 radical (unpaired) electrons. The van der Waals surface area contributed by atoms with Crippen LogP contribution in [0.25, 0.3) is 0 Å². The fraction of sp³-hybridized carbons (Fsp3) is 0.208. The maximum atomic E-state index is 13.9. The molecule has 0 aromatic heterocycles. The molecule has 0 bridgehead atoms. The minimum Gasteiger partial charge on any atom is -0.494 e. The maximum Gasteiger partial charge on any atom is 0.416 e. The number of methoxy groups -OCH3 is 1. The minimum absolute atomic E-state index is 0.0388. The number of carbonyl (C=O) groups is 1. The second kappa shape index (κ2) is 9.82.